The van der Waals surface area contributed by atoms with Crippen LogP contribution in [0.1, 0.15) is 26.2 Å². The van der Waals surface area contributed by atoms with Gasteiger partial charge in [0.15, 0.2) is 0 Å². The Kier molecular flexibility index (Phi) is 4.16. The van der Waals surface area contributed by atoms with Crippen LogP contribution in [0.15, 0.2) is 27.9 Å². The van der Waals surface area contributed by atoms with Crippen molar-refractivity contribution in [3.8, 4) is 0 Å². The minimum atomic E-state index is -3.41. The largest absolute Gasteiger partial charge is 0.452 e. The Hall–Kier alpha value is -0.810. The van der Waals surface area contributed by atoms with Crippen LogP contribution in [0.3, 0.4) is 0 Å². The molecule has 0 saturated carbocycles. The van der Waals surface area contributed by atoms with Gasteiger partial charge in [0.2, 0.25) is 5.09 Å². The molecule has 5 heteroatoms. The first-order valence-electron chi connectivity index (χ1n) is 4.70. The molecule has 1 rings (SSSR count). The molecule has 80 valence electrons. The van der Waals surface area contributed by atoms with Crippen molar-refractivity contribution < 1.29 is 12.8 Å². The second kappa shape index (κ2) is 5.17. The van der Waals surface area contributed by atoms with Crippen LogP contribution in [0.5, 0.6) is 0 Å². The molecule has 0 aliphatic heterocycles. The molecular weight excluding hydrogens is 202 g/mol. The van der Waals surface area contributed by atoms with Crippen molar-refractivity contribution in [2.75, 3.05) is 6.54 Å². The number of rotatable bonds is 6. The Labute approximate surface area is 84.4 Å². The smallest absolute Gasteiger partial charge is 0.273 e. The van der Waals surface area contributed by atoms with Gasteiger partial charge in [-0.3, -0.25) is 0 Å². The number of furan rings is 1. The van der Waals surface area contributed by atoms with Crippen molar-refractivity contribution in [1.82, 2.24) is 4.72 Å². The maximum Gasteiger partial charge on any atom is 0.273 e. The summed E-state index contributed by atoms with van der Waals surface area (Å²) >= 11 is 0. The zero-order valence-electron chi connectivity index (χ0n) is 8.19. The third-order valence-corrected chi connectivity index (χ3v) is 3.18. The first kappa shape index (κ1) is 11.3. The van der Waals surface area contributed by atoms with Gasteiger partial charge in [-0.05, 0) is 18.6 Å². The fraction of sp³-hybridized carbons (Fsp3) is 0.556. The molecule has 0 unspecified atom stereocenters. The zero-order valence-corrected chi connectivity index (χ0v) is 9.01. The quantitative estimate of drug-likeness (QED) is 0.738. The van der Waals surface area contributed by atoms with Crippen molar-refractivity contribution in [2.45, 2.75) is 31.3 Å². The summed E-state index contributed by atoms with van der Waals surface area (Å²) in [6.45, 7) is 2.54. The summed E-state index contributed by atoms with van der Waals surface area (Å²) < 4.78 is 30.2. The van der Waals surface area contributed by atoms with Crippen molar-refractivity contribution >= 4 is 10.0 Å². The normalized spacial score (nSPS) is 11.8. The molecule has 14 heavy (non-hydrogen) atoms. The van der Waals surface area contributed by atoms with Crippen LogP contribution >= 0.6 is 0 Å². The van der Waals surface area contributed by atoms with Crippen LogP contribution in [0.2, 0.25) is 0 Å². The lowest BCUT2D eigenvalue weighted by atomic mass is 10.3. The first-order chi connectivity index (χ1) is 6.67. The van der Waals surface area contributed by atoms with E-state index in [0.29, 0.717) is 6.54 Å². The fourth-order valence-corrected chi connectivity index (χ4v) is 2.06. The van der Waals surface area contributed by atoms with Gasteiger partial charge in [0, 0.05) is 6.54 Å². The van der Waals surface area contributed by atoms with Crippen LogP contribution in [-0.2, 0) is 10.0 Å². The summed E-state index contributed by atoms with van der Waals surface area (Å²) in [5.41, 5.74) is 0. The summed E-state index contributed by atoms with van der Waals surface area (Å²) in [5.74, 6) is 0. The third kappa shape index (κ3) is 3.16. The molecule has 1 heterocycles. The molecule has 4 nitrogen and oxygen atoms in total. The molecule has 0 atom stereocenters. The Bertz CT molecular complexity index is 342. The van der Waals surface area contributed by atoms with Gasteiger partial charge < -0.3 is 4.42 Å². The van der Waals surface area contributed by atoms with E-state index in [0.717, 1.165) is 19.3 Å². The van der Waals surface area contributed by atoms with E-state index in [9.17, 15) is 8.42 Å². The Morgan fingerprint density at radius 3 is 2.79 bits per heavy atom. The molecule has 1 N–H and O–H groups in total. The number of sulfonamides is 1. The van der Waals surface area contributed by atoms with Gasteiger partial charge in [0.25, 0.3) is 10.0 Å². The monoisotopic (exact) mass is 217 g/mol. The van der Waals surface area contributed by atoms with E-state index in [-0.39, 0.29) is 5.09 Å². The van der Waals surface area contributed by atoms with Gasteiger partial charge in [-0.15, -0.1) is 0 Å². The molecule has 1 aromatic heterocycles. The topological polar surface area (TPSA) is 59.3 Å². The Morgan fingerprint density at radius 1 is 1.43 bits per heavy atom. The average molecular weight is 217 g/mol. The third-order valence-electron chi connectivity index (χ3n) is 1.83. The molecular formula is C9H15NO3S. The number of nitrogens with one attached hydrogen (secondary N) is 1. The second-order valence-corrected chi connectivity index (χ2v) is 4.73. The van der Waals surface area contributed by atoms with E-state index in [4.69, 9.17) is 4.42 Å². The summed E-state index contributed by atoms with van der Waals surface area (Å²) in [7, 11) is -3.41. The van der Waals surface area contributed by atoms with Gasteiger partial charge in [-0.2, -0.15) is 0 Å². The van der Waals surface area contributed by atoms with Crippen molar-refractivity contribution in [2.24, 2.45) is 0 Å². The van der Waals surface area contributed by atoms with Crippen molar-refractivity contribution in [3.63, 3.8) is 0 Å². The highest BCUT2D eigenvalue weighted by atomic mass is 32.2. The molecule has 0 amide bonds. The number of hydrogen-bond donors (Lipinski definition) is 1. The molecule has 0 aromatic carbocycles. The maximum absolute atomic E-state index is 11.5. The summed E-state index contributed by atoms with van der Waals surface area (Å²) in [4.78, 5) is 0. The lowest BCUT2D eigenvalue weighted by molar-refractivity contribution is 0.445. The highest BCUT2D eigenvalue weighted by Gasteiger charge is 2.15. The predicted octanol–water partition coefficient (Wildman–Crippen LogP) is 1.75. The van der Waals surface area contributed by atoms with Crippen molar-refractivity contribution in [3.05, 3.63) is 18.4 Å². The molecule has 0 radical (unpaired) electrons. The van der Waals surface area contributed by atoms with Gasteiger partial charge in [-0.1, -0.05) is 19.8 Å². The molecule has 1 aromatic rings. The number of unbranched alkanes of at least 4 members (excludes halogenated alkanes) is 2. The van der Waals surface area contributed by atoms with E-state index in [1.807, 2.05) is 0 Å². The van der Waals surface area contributed by atoms with Gasteiger partial charge in [-0.25, -0.2) is 13.1 Å². The van der Waals surface area contributed by atoms with Gasteiger partial charge in [0.05, 0.1) is 6.26 Å². The lowest BCUT2D eigenvalue weighted by Gasteiger charge is -2.02. The number of hydrogen-bond acceptors (Lipinski definition) is 3. The lowest BCUT2D eigenvalue weighted by Crippen LogP contribution is -2.24. The summed E-state index contributed by atoms with van der Waals surface area (Å²) in [5, 5.41) is -0.0194. The van der Waals surface area contributed by atoms with Crippen molar-refractivity contribution in [1.29, 1.82) is 0 Å². The predicted molar refractivity (Wildman–Crippen MR) is 53.4 cm³/mol. The minimum Gasteiger partial charge on any atom is -0.452 e. The summed E-state index contributed by atoms with van der Waals surface area (Å²) in [6, 6.07) is 2.99. The van der Waals surface area contributed by atoms with E-state index in [2.05, 4.69) is 11.6 Å². The highest BCUT2D eigenvalue weighted by Crippen LogP contribution is 2.08. The first-order valence-corrected chi connectivity index (χ1v) is 6.18. The van der Waals surface area contributed by atoms with E-state index in [1.165, 1.54) is 12.3 Å². The summed E-state index contributed by atoms with van der Waals surface area (Å²) in [6.07, 6.45) is 4.31. The molecule has 0 spiro atoms. The maximum atomic E-state index is 11.5. The van der Waals surface area contributed by atoms with Crippen LogP contribution < -0.4 is 4.72 Å². The fourth-order valence-electron chi connectivity index (χ4n) is 1.07. The van der Waals surface area contributed by atoms with E-state index >= 15 is 0 Å². The Morgan fingerprint density at radius 2 is 2.21 bits per heavy atom. The highest BCUT2D eigenvalue weighted by molar-refractivity contribution is 7.89. The average Bonchev–Trinajstić information content (AvgIpc) is 2.65. The Balaban J connectivity index is 2.44. The van der Waals surface area contributed by atoms with Gasteiger partial charge in [0.1, 0.15) is 0 Å². The molecule has 0 aliphatic carbocycles. The van der Waals surface area contributed by atoms with E-state index < -0.39 is 10.0 Å². The SMILES string of the molecule is CCCCCNS(=O)(=O)c1ccco1. The van der Waals surface area contributed by atoms with Gasteiger partial charge >= 0.3 is 0 Å². The molecule has 0 saturated heterocycles. The zero-order chi connectivity index (χ0) is 10.4. The van der Waals surface area contributed by atoms with Crippen LogP contribution in [-0.4, -0.2) is 15.0 Å². The molecule has 0 bridgehead atoms. The van der Waals surface area contributed by atoms with Crippen LogP contribution in [0.4, 0.5) is 0 Å². The minimum absolute atomic E-state index is 0.0194. The van der Waals surface area contributed by atoms with Crippen LogP contribution in [0.25, 0.3) is 0 Å². The molecule has 0 fully saturated rings. The van der Waals surface area contributed by atoms with E-state index in [1.54, 1.807) is 6.07 Å². The van der Waals surface area contributed by atoms with Crippen LogP contribution in [0, 0.1) is 0 Å². The second-order valence-electron chi connectivity index (χ2n) is 3.04. The standard InChI is InChI=1S/C9H15NO3S/c1-2-3-4-7-10-14(11,12)9-6-5-8-13-9/h5-6,8,10H,2-4,7H2,1H3. The molecule has 0 aliphatic rings.